The Labute approximate surface area is 232 Å². The first-order valence-corrected chi connectivity index (χ1v) is 14.2. The zero-order valence-corrected chi connectivity index (χ0v) is 22.1. The molecule has 0 amide bonds. The quantitative estimate of drug-likeness (QED) is 0.106. The third kappa shape index (κ3) is 7.22. The number of hydrogen-bond donors (Lipinski definition) is 0. The molecule has 0 radical (unpaired) electrons. The van der Waals surface area contributed by atoms with E-state index in [1.165, 1.54) is 24.3 Å². The summed E-state index contributed by atoms with van der Waals surface area (Å²) in [5.41, 5.74) is -0.162. The summed E-state index contributed by atoms with van der Waals surface area (Å²) in [7, 11) is -8.85. The molecule has 210 valence electrons. The van der Waals surface area contributed by atoms with Gasteiger partial charge in [-0.1, -0.05) is 54.6 Å². The second-order valence-corrected chi connectivity index (χ2v) is 12.5. The van der Waals surface area contributed by atoms with Gasteiger partial charge in [-0.3, -0.25) is 0 Å². The predicted octanol–water partition coefficient (Wildman–Crippen LogP) is 8.63. The summed E-state index contributed by atoms with van der Waals surface area (Å²) in [6.07, 6.45) is 0. The fraction of sp³-hybridized carbons (Fsp3) is 0.0323. The van der Waals surface area contributed by atoms with Gasteiger partial charge in [-0.15, -0.1) is 0 Å². The average Bonchev–Trinajstić information content (AvgIpc) is 2.91. The molecule has 0 heterocycles. The Hall–Kier alpha value is -3.97. The van der Waals surface area contributed by atoms with E-state index in [9.17, 15) is 34.8 Å². The molecule has 5 aromatic carbocycles. The lowest BCUT2D eigenvalue weighted by molar-refractivity contribution is 0.368. The van der Waals surface area contributed by atoms with Gasteiger partial charge in [-0.05, 0) is 60.7 Å². The minimum absolute atomic E-state index is 0.308. The summed E-state index contributed by atoms with van der Waals surface area (Å²) in [5, 5.41) is 2.75. The number of halogens is 8. The van der Waals surface area contributed by atoms with Crippen LogP contribution >= 0.6 is 7.26 Å². The number of hydrogen-bond acceptors (Lipinski definition) is 0. The lowest BCUT2D eigenvalue weighted by atomic mass is 10.0. The van der Waals surface area contributed by atoms with Crippen LogP contribution in [0.4, 0.5) is 34.8 Å². The zero-order valence-electron chi connectivity index (χ0n) is 21.2. The maximum atomic E-state index is 14.7. The van der Waals surface area contributed by atoms with Crippen molar-refractivity contribution < 1.29 is 34.8 Å². The van der Waals surface area contributed by atoms with E-state index in [0.29, 0.717) is 11.1 Å². The Bertz CT molecular complexity index is 1380. The standard InChI is InChI=1S/C31H22F4P.BF4/c32-24-16-22(17-25(33)20-24)31(23-18-26(34)21-27(35)19-23)36(28-10-4-1-5-11-28,29-12-6-2-7-13-29)30-14-8-3-9-15-30;2-1(3,4)5/h1-21,31H;/q+1;-1. The maximum absolute atomic E-state index is 14.7. The van der Waals surface area contributed by atoms with E-state index in [-0.39, 0.29) is 0 Å². The largest absolute Gasteiger partial charge is 0.673 e. The van der Waals surface area contributed by atoms with E-state index in [0.717, 1.165) is 28.0 Å². The molecule has 0 aliphatic heterocycles. The highest BCUT2D eigenvalue weighted by Gasteiger charge is 2.54. The van der Waals surface area contributed by atoms with Crippen molar-refractivity contribution in [3.63, 3.8) is 0 Å². The van der Waals surface area contributed by atoms with Gasteiger partial charge in [0.05, 0.1) is 0 Å². The summed E-state index contributed by atoms with van der Waals surface area (Å²) >= 11 is 0. The predicted molar refractivity (Wildman–Crippen MR) is 150 cm³/mol. The highest BCUT2D eigenvalue weighted by Crippen LogP contribution is 2.69. The Balaban J connectivity index is 0.000000714. The SMILES string of the molecule is F[B-](F)(F)F.Fc1cc(F)cc(C(c2cc(F)cc(F)c2)[P+](c2ccccc2)(c2ccccc2)c2ccccc2)c1. The van der Waals surface area contributed by atoms with Gasteiger partial charge < -0.3 is 17.3 Å². The third-order valence-electron chi connectivity index (χ3n) is 6.28. The first-order chi connectivity index (χ1) is 19.5. The summed E-state index contributed by atoms with van der Waals surface area (Å²) < 4.78 is 97.7. The highest BCUT2D eigenvalue weighted by atomic mass is 31.2. The minimum atomic E-state index is -6.00. The van der Waals surface area contributed by atoms with Crippen LogP contribution in [0.5, 0.6) is 0 Å². The molecular formula is C31H22BF8P. The van der Waals surface area contributed by atoms with Gasteiger partial charge in [0.1, 0.15) is 52.1 Å². The van der Waals surface area contributed by atoms with Crippen molar-refractivity contribution in [3.8, 4) is 0 Å². The fourth-order valence-electron chi connectivity index (χ4n) is 4.99. The summed E-state index contributed by atoms with van der Waals surface area (Å²) in [4.78, 5) is 0. The van der Waals surface area contributed by atoms with Crippen molar-refractivity contribution in [2.45, 2.75) is 5.66 Å². The van der Waals surface area contributed by atoms with Crippen LogP contribution in [0, 0.1) is 23.3 Å². The van der Waals surface area contributed by atoms with Crippen LogP contribution in [0.1, 0.15) is 16.8 Å². The van der Waals surface area contributed by atoms with Gasteiger partial charge in [-0.2, -0.15) is 0 Å². The van der Waals surface area contributed by atoms with E-state index in [1.54, 1.807) is 0 Å². The number of benzene rings is 5. The molecule has 0 N–H and O–H groups in total. The van der Waals surface area contributed by atoms with Gasteiger partial charge in [0.25, 0.3) is 0 Å². The average molecular weight is 588 g/mol. The Kier molecular flexibility index (Phi) is 9.29. The zero-order chi connectivity index (χ0) is 29.6. The van der Waals surface area contributed by atoms with E-state index in [4.69, 9.17) is 0 Å². The lowest BCUT2D eigenvalue weighted by Crippen LogP contribution is -2.35. The molecule has 5 rings (SSSR count). The number of rotatable bonds is 6. The van der Waals surface area contributed by atoms with Crippen LogP contribution < -0.4 is 15.9 Å². The Morgan fingerprint density at radius 2 is 0.659 bits per heavy atom. The molecule has 0 bridgehead atoms. The molecule has 0 atom stereocenters. The molecule has 0 saturated heterocycles. The van der Waals surface area contributed by atoms with Gasteiger partial charge in [0.15, 0.2) is 0 Å². The van der Waals surface area contributed by atoms with E-state index in [2.05, 4.69) is 0 Å². The van der Waals surface area contributed by atoms with Crippen LogP contribution in [-0.4, -0.2) is 7.25 Å². The van der Waals surface area contributed by atoms with Crippen LogP contribution in [0.3, 0.4) is 0 Å². The molecule has 0 fully saturated rings. The molecule has 0 spiro atoms. The molecular weight excluding hydrogens is 566 g/mol. The van der Waals surface area contributed by atoms with E-state index >= 15 is 0 Å². The first kappa shape index (κ1) is 30.0. The normalized spacial score (nSPS) is 11.6. The second-order valence-electron chi connectivity index (χ2n) is 9.03. The monoisotopic (exact) mass is 588 g/mol. The van der Waals surface area contributed by atoms with E-state index in [1.807, 2.05) is 91.0 Å². The van der Waals surface area contributed by atoms with Crippen molar-refractivity contribution >= 4 is 30.4 Å². The van der Waals surface area contributed by atoms with Crippen LogP contribution in [0.25, 0.3) is 0 Å². The molecule has 0 nitrogen and oxygen atoms in total. The van der Waals surface area contributed by atoms with Crippen molar-refractivity contribution in [1.82, 2.24) is 0 Å². The van der Waals surface area contributed by atoms with E-state index < -0.39 is 43.4 Å². The van der Waals surface area contributed by atoms with Gasteiger partial charge >= 0.3 is 7.25 Å². The molecule has 0 unspecified atom stereocenters. The lowest BCUT2D eigenvalue weighted by Gasteiger charge is -2.35. The van der Waals surface area contributed by atoms with Gasteiger partial charge in [-0.25, -0.2) is 17.6 Å². The van der Waals surface area contributed by atoms with Crippen molar-refractivity contribution in [2.75, 3.05) is 0 Å². The molecule has 0 saturated carbocycles. The van der Waals surface area contributed by atoms with Gasteiger partial charge in [0.2, 0.25) is 0 Å². The summed E-state index contributed by atoms with van der Waals surface area (Å²) in [6.45, 7) is 0. The van der Waals surface area contributed by atoms with Gasteiger partial charge in [0, 0.05) is 23.3 Å². The Morgan fingerprint density at radius 1 is 0.415 bits per heavy atom. The topological polar surface area (TPSA) is 0 Å². The van der Waals surface area contributed by atoms with Crippen LogP contribution in [0.15, 0.2) is 127 Å². The smallest absolute Gasteiger partial charge is 0.418 e. The third-order valence-corrected chi connectivity index (χ3v) is 11.0. The van der Waals surface area contributed by atoms with Crippen molar-refractivity contribution in [1.29, 1.82) is 0 Å². The molecule has 0 aliphatic rings. The summed E-state index contributed by atoms with van der Waals surface area (Å²) in [6, 6.07) is 35.7. The van der Waals surface area contributed by atoms with Crippen molar-refractivity contribution in [3.05, 3.63) is 162 Å². The fourth-order valence-corrected chi connectivity index (χ4v) is 9.90. The molecule has 5 aromatic rings. The minimum Gasteiger partial charge on any atom is -0.418 e. The first-order valence-electron chi connectivity index (χ1n) is 12.3. The maximum Gasteiger partial charge on any atom is 0.673 e. The van der Waals surface area contributed by atoms with Crippen LogP contribution in [-0.2, 0) is 0 Å². The molecule has 10 heteroatoms. The molecule has 0 aliphatic carbocycles. The summed E-state index contributed by atoms with van der Waals surface area (Å²) in [5.74, 6) is -3.00. The Morgan fingerprint density at radius 3 is 0.902 bits per heavy atom. The molecule has 41 heavy (non-hydrogen) atoms. The molecule has 0 aromatic heterocycles. The van der Waals surface area contributed by atoms with Crippen LogP contribution in [0.2, 0.25) is 0 Å². The van der Waals surface area contributed by atoms with Crippen molar-refractivity contribution in [2.24, 2.45) is 0 Å². The second kappa shape index (κ2) is 12.7. The highest BCUT2D eigenvalue weighted by molar-refractivity contribution is 7.96.